The molecule has 1 N–H and O–H groups in total. The molecule has 3 aromatic rings. The molecule has 4 aliphatic heterocycles. The van der Waals surface area contributed by atoms with E-state index in [2.05, 4.69) is 4.90 Å². The van der Waals surface area contributed by atoms with E-state index >= 15 is 4.39 Å². The Morgan fingerprint density at radius 1 is 1.03 bits per heavy atom. The van der Waals surface area contributed by atoms with Crippen molar-refractivity contribution >= 4 is 17.7 Å². The Balaban J connectivity index is 1.48. The van der Waals surface area contributed by atoms with Gasteiger partial charge in [-0.1, -0.05) is 24.3 Å². The number of nitrogens with zero attached hydrogens (tertiary/aromatic N) is 4. The van der Waals surface area contributed by atoms with Crippen molar-refractivity contribution in [3.63, 3.8) is 0 Å². The Labute approximate surface area is 227 Å². The maximum Gasteiger partial charge on any atom is 0.278 e. The van der Waals surface area contributed by atoms with Gasteiger partial charge in [-0.3, -0.25) is 24.2 Å². The van der Waals surface area contributed by atoms with Gasteiger partial charge in [0.2, 0.25) is 5.43 Å². The molecule has 202 valence electrons. The molecule has 2 saturated heterocycles. The molecular weight excluding hydrogens is 526 g/mol. The molecule has 0 radical (unpaired) electrons. The van der Waals surface area contributed by atoms with Crippen LogP contribution in [-0.2, 0) is 10.5 Å². The summed E-state index contributed by atoms with van der Waals surface area (Å²) < 4.78 is 36.9. The zero-order valence-electron chi connectivity index (χ0n) is 21.1. The number of piperazine rings is 1. The van der Waals surface area contributed by atoms with Gasteiger partial charge in [0.05, 0.1) is 12.1 Å². The lowest BCUT2D eigenvalue weighted by Crippen LogP contribution is -2.70. The maximum absolute atomic E-state index is 15.3. The normalized spacial score (nSPS) is 25.9. The highest BCUT2D eigenvalue weighted by Gasteiger charge is 2.50. The molecule has 4 atom stereocenters. The number of halogens is 2. The molecule has 2 aromatic carbocycles. The number of benzene rings is 2. The van der Waals surface area contributed by atoms with Gasteiger partial charge in [-0.2, -0.15) is 0 Å². The number of thioether (sulfide) groups is 1. The van der Waals surface area contributed by atoms with E-state index in [-0.39, 0.29) is 29.2 Å². The highest BCUT2D eigenvalue weighted by molar-refractivity contribution is 7.98. The van der Waals surface area contributed by atoms with E-state index in [1.54, 1.807) is 18.1 Å². The third-order valence-electron chi connectivity index (χ3n) is 8.44. The molecule has 0 bridgehead atoms. The Bertz CT molecular complexity index is 1560. The van der Waals surface area contributed by atoms with Crippen molar-refractivity contribution in [2.75, 3.05) is 31.8 Å². The van der Waals surface area contributed by atoms with Gasteiger partial charge in [-0.15, -0.1) is 11.8 Å². The number of fused-ring (bicyclic) bond motifs is 5. The lowest BCUT2D eigenvalue weighted by Gasteiger charge is -2.54. The summed E-state index contributed by atoms with van der Waals surface area (Å²) in [6.45, 7) is 1.58. The molecule has 39 heavy (non-hydrogen) atoms. The van der Waals surface area contributed by atoms with Crippen LogP contribution in [0.2, 0.25) is 0 Å². The van der Waals surface area contributed by atoms with Crippen molar-refractivity contribution < 1.29 is 23.4 Å². The Morgan fingerprint density at radius 2 is 1.85 bits per heavy atom. The van der Waals surface area contributed by atoms with Gasteiger partial charge in [0, 0.05) is 61.3 Å². The fourth-order valence-electron chi connectivity index (χ4n) is 6.56. The average Bonchev–Trinajstić information content (AvgIpc) is 3.27. The van der Waals surface area contributed by atoms with Crippen LogP contribution in [0.3, 0.4) is 0 Å². The van der Waals surface area contributed by atoms with E-state index in [4.69, 9.17) is 4.74 Å². The minimum Gasteiger partial charge on any atom is -0.502 e. The van der Waals surface area contributed by atoms with Gasteiger partial charge in [0.15, 0.2) is 23.1 Å². The zero-order chi connectivity index (χ0) is 27.0. The molecule has 2 unspecified atom stereocenters. The van der Waals surface area contributed by atoms with E-state index < -0.39 is 40.9 Å². The zero-order valence-corrected chi connectivity index (χ0v) is 21.9. The fraction of sp³-hybridized carbons (Fsp3) is 0.357. The van der Waals surface area contributed by atoms with E-state index in [0.717, 1.165) is 22.9 Å². The van der Waals surface area contributed by atoms with Crippen LogP contribution in [0.1, 0.15) is 39.6 Å². The number of ether oxygens (including phenoxy) is 1. The van der Waals surface area contributed by atoms with E-state index in [1.807, 2.05) is 29.3 Å². The summed E-state index contributed by atoms with van der Waals surface area (Å²) in [6, 6.07) is 11.1. The number of hydrogen-bond donors (Lipinski definition) is 1. The Morgan fingerprint density at radius 3 is 2.67 bits per heavy atom. The summed E-state index contributed by atoms with van der Waals surface area (Å²) in [4.78, 5) is 31.3. The molecule has 5 heterocycles. The van der Waals surface area contributed by atoms with E-state index in [0.29, 0.717) is 25.2 Å². The smallest absolute Gasteiger partial charge is 0.278 e. The standard InChI is InChI=1S/C28H26F2N4O4S/c1-38-16-10-15-11-32-23(13-31(15)12-16)34(33-9-8-21(35)27(36)26(33)28(32)37)25-17-6-7-20(29)24(30)19(17)14-39-22-5-3-2-4-18(22)25/h2-9,15-16,23,25,36H,10-14H2,1H3/t15?,16?,23-,25+/m1/s1. The first-order valence-corrected chi connectivity index (χ1v) is 13.9. The third-order valence-corrected chi connectivity index (χ3v) is 9.55. The first kappa shape index (κ1) is 24.6. The third kappa shape index (κ3) is 3.63. The van der Waals surface area contributed by atoms with Crippen molar-refractivity contribution in [1.29, 1.82) is 0 Å². The number of methoxy groups -OCH3 is 1. The first-order chi connectivity index (χ1) is 18.9. The average molecular weight is 553 g/mol. The number of aromatic hydroxyl groups is 1. The minimum atomic E-state index is -0.917. The van der Waals surface area contributed by atoms with Crippen LogP contribution in [0.4, 0.5) is 8.78 Å². The van der Waals surface area contributed by atoms with Gasteiger partial charge >= 0.3 is 0 Å². The molecule has 1 aromatic heterocycles. The molecule has 11 heteroatoms. The highest BCUT2D eigenvalue weighted by Crippen LogP contribution is 2.46. The molecular formula is C28H26F2N4O4S. The number of carbonyl (C=O) groups is 1. The van der Waals surface area contributed by atoms with Crippen molar-refractivity contribution in [3.05, 3.63) is 92.9 Å². The van der Waals surface area contributed by atoms with Gasteiger partial charge in [-0.25, -0.2) is 8.78 Å². The van der Waals surface area contributed by atoms with Crippen LogP contribution < -0.4 is 10.4 Å². The summed E-state index contributed by atoms with van der Waals surface area (Å²) in [5.74, 6) is -2.64. The predicted octanol–water partition coefficient (Wildman–Crippen LogP) is 3.05. The SMILES string of the molecule is COC1CC2CN3C(=O)c4c(O)c(=O)ccn4N([C@@H]4c5ccccc5SCc5c4ccc(F)c5F)[C@@H]3CN2C1. The van der Waals surface area contributed by atoms with E-state index in [9.17, 15) is 19.1 Å². The first-order valence-electron chi connectivity index (χ1n) is 12.9. The molecule has 8 nitrogen and oxygen atoms in total. The van der Waals surface area contributed by atoms with Crippen LogP contribution in [0.25, 0.3) is 0 Å². The minimum absolute atomic E-state index is 0.0318. The van der Waals surface area contributed by atoms with Crippen molar-refractivity contribution in [1.82, 2.24) is 14.5 Å². The molecule has 0 spiro atoms. The molecule has 2 fully saturated rings. The number of pyridine rings is 1. The summed E-state index contributed by atoms with van der Waals surface area (Å²) in [7, 11) is 1.68. The van der Waals surface area contributed by atoms with Gasteiger partial charge < -0.3 is 14.7 Å². The van der Waals surface area contributed by atoms with Gasteiger partial charge in [-0.05, 0) is 29.7 Å². The van der Waals surface area contributed by atoms with Crippen LogP contribution in [0, 0.1) is 11.6 Å². The Kier molecular flexibility index (Phi) is 5.73. The molecule has 0 saturated carbocycles. The number of amides is 1. The lowest BCUT2D eigenvalue weighted by atomic mass is 9.92. The van der Waals surface area contributed by atoms with E-state index in [1.165, 1.54) is 28.7 Å². The fourth-order valence-corrected chi connectivity index (χ4v) is 7.67. The highest BCUT2D eigenvalue weighted by atomic mass is 32.2. The number of carbonyl (C=O) groups excluding carboxylic acids is 1. The lowest BCUT2D eigenvalue weighted by molar-refractivity contribution is 0.0159. The second kappa shape index (κ2) is 9.07. The largest absolute Gasteiger partial charge is 0.502 e. The van der Waals surface area contributed by atoms with Gasteiger partial charge in [0.1, 0.15) is 6.17 Å². The second-order valence-corrected chi connectivity index (χ2v) is 11.4. The summed E-state index contributed by atoms with van der Waals surface area (Å²) in [5, 5.41) is 12.8. The summed E-state index contributed by atoms with van der Waals surface area (Å²) in [5.41, 5.74) is 0.905. The number of aromatic nitrogens is 1. The van der Waals surface area contributed by atoms with Crippen molar-refractivity contribution in [2.45, 2.75) is 41.4 Å². The molecule has 0 aliphatic carbocycles. The maximum atomic E-state index is 15.3. The van der Waals surface area contributed by atoms with Crippen LogP contribution in [-0.4, -0.2) is 70.5 Å². The van der Waals surface area contributed by atoms with Crippen LogP contribution in [0.5, 0.6) is 5.75 Å². The molecule has 7 rings (SSSR count). The second-order valence-electron chi connectivity index (χ2n) is 10.4. The van der Waals surface area contributed by atoms with Crippen LogP contribution >= 0.6 is 11.8 Å². The van der Waals surface area contributed by atoms with Crippen molar-refractivity contribution in [2.24, 2.45) is 0 Å². The topological polar surface area (TPSA) is 78.2 Å². The molecule has 4 aliphatic rings. The summed E-state index contributed by atoms with van der Waals surface area (Å²) >= 11 is 1.43. The molecule has 1 amide bonds. The predicted molar refractivity (Wildman–Crippen MR) is 140 cm³/mol. The number of hydrogen-bond acceptors (Lipinski definition) is 7. The quantitative estimate of drug-likeness (QED) is 0.524. The van der Waals surface area contributed by atoms with Crippen molar-refractivity contribution in [3.8, 4) is 5.75 Å². The van der Waals surface area contributed by atoms with Crippen LogP contribution in [0.15, 0.2) is 58.4 Å². The Hall–Kier alpha value is -3.41. The summed E-state index contributed by atoms with van der Waals surface area (Å²) in [6.07, 6.45) is 1.77. The monoisotopic (exact) mass is 552 g/mol. The van der Waals surface area contributed by atoms with Gasteiger partial charge in [0.25, 0.3) is 5.91 Å². The number of rotatable bonds is 2.